The Morgan fingerprint density at radius 1 is 1.08 bits per heavy atom. The van der Waals surface area contributed by atoms with Crippen molar-refractivity contribution in [3.8, 4) is 0 Å². The Labute approximate surface area is 149 Å². The van der Waals surface area contributed by atoms with E-state index in [1.807, 2.05) is 19.0 Å². The fourth-order valence-corrected chi connectivity index (χ4v) is 2.52. The third-order valence-corrected chi connectivity index (χ3v) is 3.98. The van der Waals surface area contributed by atoms with Crippen LogP contribution in [0.4, 0.5) is 11.5 Å². The molecule has 0 atom stereocenters. The molecule has 0 aliphatic heterocycles. The van der Waals surface area contributed by atoms with E-state index in [2.05, 4.69) is 52.6 Å². The van der Waals surface area contributed by atoms with Gasteiger partial charge in [-0.1, -0.05) is 32.0 Å². The van der Waals surface area contributed by atoms with Gasteiger partial charge in [-0.2, -0.15) is 0 Å². The van der Waals surface area contributed by atoms with Crippen LogP contribution in [-0.2, 0) is 12.8 Å². The Bertz CT molecular complexity index is 675. The maximum absolute atomic E-state index is 12.0. The zero-order valence-electron chi connectivity index (χ0n) is 15.5. The summed E-state index contributed by atoms with van der Waals surface area (Å²) in [6.45, 7) is 5.63. The van der Waals surface area contributed by atoms with Crippen LogP contribution >= 0.6 is 0 Å². The lowest BCUT2D eigenvalue weighted by atomic mass is 10.0. The number of para-hydroxylation sites is 1. The molecular weight excluding hydrogens is 314 g/mol. The molecule has 0 bridgehead atoms. The SMILES string of the molecule is CCc1cccc(CC)c1Nc1cnc(C(=O)NCCN(C)C)cn1. The quantitative estimate of drug-likeness (QED) is 0.772. The van der Waals surface area contributed by atoms with E-state index >= 15 is 0 Å². The van der Waals surface area contributed by atoms with Crippen molar-refractivity contribution in [2.45, 2.75) is 26.7 Å². The molecule has 0 aliphatic rings. The van der Waals surface area contributed by atoms with Gasteiger partial charge in [0.25, 0.3) is 5.91 Å². The fourth-order valence-electron chi connectivity index (χ4n) is 2.52. The molecule has 134 valence electrons. The number of carbonyl (C=O) groups is 1. The predicted octanol–water partition coefficient (Wildman–Crippen LogP) is 2.64. The summed E-state index contributed by atoms with van der Waals surface area (Å²) in [5.41, 5.74) is 3.90. The Hall–Kier alpha value is -2.47. The maximum atomic E-state index is 12.0. The fraction of sp³-hybridized carbons (Fsp3) is 0.421. The maximum Gasteiger partial charge on any atom is 0.271 e. The second-order valence-corrected chi connectivity index (χ2v) is 6.13. The van der Waals surface area contributed by atoms with Gasteiger partial charge in [0, 0.05) is 18.8 Å². The highest BCUT2D eigenvalue weighted by molar-refractivity contribution is 5.92. The summed E-state index contributed by atoms with van der Waals surface area (Å²) < 4.78 is 0. The van der Waals surface area contributed by atoms with E-state index < -0.39 is 0 Å². The van der Waals surface area contributed by atoms with E-state index in [-0.39, 0.29) is 5.91 Å². The van der Waals surface area contributed by atoms with Crippen molar-refractivity contribution in [2.24, 2.45) is 0 Å². The highest BCUT2D eigenvalue weighted by Crippen LogP contribution is 2.25. The average Bonchev–Trinajstić information content (AvgIpc) is 2.62. The lowest BCUT2D eigenvalue weighted by Gasteiger charge is -2.15. The Morgan fingerprint density at radius 2 is 1.76 bits per heavy atom. The van der Waals surface area contributed by atoms with E-state index in [0.29, 0.717) is 18.1 Å². The standard InChI is InChI=1S/C19H27N5O/c1-5-14-8-7-9-15(6-2)18(14)23-17-13-21-16(12-22-17)19(25)20-10-11-24(3)4/h7-9,12-13H,5-6,10-11H2,1-4H3,(H,20,25)(H,22,23). The van der Waals surface area contributed by atoms with Gasteiger partial charge in [-0.15, -0.1) is 0 Å². The van der Waals surface area contributed by atoms with Crippen molar-refractivity contribution in [1.82, 2.24) is 20.2 Å². The van der Waals surface area contributed by atoms with Crippen molar-refractivity contribution < 1.29 is 4.79 Å². The molecule has 1 aromatic carbocycles. The molecular formula is C19H27N5O. The molecule has 2 N–H and O–H groups in total. The first-order valence-electron chi connectivity index (χ1n) is 8.67. The molecule has 0 saturated heterocycles. The number of anilines is 2. The van der Waals surface area contributed by atoms with Gasteiger partial charge in [0.1, 0.15) is 11.5 Å². The lowest BCUT2D eigenvalue weighted by Crippen LogP contribution is -2.31. The number of likely N-dealkylation sites (N-methyl/N-ethyl adjacent to an activating group) is 1. The van der Waals surface area contributed by atoms with Gasteiger partial charge >= 0.3 is 0 Å². The largest absolute Gasteiger partial charge is 0.349 e. The zero-order chi connectivity index (χ0) is 18.2. The number of aromatic nitrogens is 2. The van der Waals surface area contributed by atoms with Crippen LogP contribution in [0.5, 0.6) is 0 Å². The van der Waals surface area contributed by atoms with Crippen LogP contribution in [-0.4, -0.2) is 48.0 Å². The minimum Gasteiger partial charge on any atom is -0.349 e. The Balaban J connectivity index is 2.07. The molecule has 2 rings (SSSR count). The number of benzene rings is 1. The van der Waals surface area contributed by atoms with E-state index in [4.69, 9.17) is 0 Å². The Morgan fingerprint density at radius 3 is 2.28 bits per heavy atom. The van der Waals surface area contributed by atoms with Gasteiger partial charge in [-0.05, 0) is 38.1 Å². The normalized spacial score (nSPS) is 10.8. The van der Waals surface area contributed by atoms with Gasteiger partial charge in [-0.3, -0.25) is 4.79 Å². The molecule has 0 saturated carbocycles. The first-order valence-corrected chi connectivity index (χ1v) is 8.67. The second-order valence-electron chi connectivity index (χ2n) is 6.13. The summed E-state index contributed by atoms with van der Waals surface area (Å²) in [6, 6.07) is 6.30. The molecule has 2 aromatic rings. The molecule has 0 fully saturated rings. The number of nitrogens with one attached hydrogen (secondary N) is 2. The minimum absolute atomic E-state index is 0.205. The number of rotatable bonds is 8. The van der Waals surface area contributed by atoms with Crippen molar-refractivity contribution in [1.29, 1.82) is 0 Å². The number of nitrogens with zero attached hydrogens (tertiary/aromatic N) is 3. The van der Waals surface area contributed by atoms with Gasteiger partial charge in [0.2, 0.25) is 0 Å². The molecule has 0 unspecified atom stereocenters. The monoisotopic (exact) mass is 341 g/mol. The first-order chi connectivity index (χ1) is 12.0. The number of carbonyl (C=O) groups excluding carboxylic acids is 1. The molecule has 0 aliphatic carbocycles. The molecule has 1 amide bonds. The van der Waals surface area contributed by atoms with Crippen LogP contribution < -0.4 is 10.6 Å². The summed E-state index contributed by atoms with van der Waals surface area (Å²) >= 11 is 0. The Kier molecular flexibility index (Phi) is 6.89. The minimum atomic E-state index is -0.205. The van der Waals surface area contributed by atoms with E-state index in [0.717, 1.165) is 25.1 Å². The van der Waals surface area contributed by atoms with Crippen molar-refractivity contribution in [3.05, 3.63) is 47.4 Å². The second kappa shape index (κ2) is 9.13. The summed E-state index contributed by atoms with van der Waals surface area (Å²) in [7, 11) is 3.93. The van der Waals surface area contributed by atoms with E-state index in [1.54, 1.807) is 6.20 Å². The zero-order valence-corrected chi connectivity index (χ0v) is 15.5. The van der Waals surface area contributed by atoms with Crippen LogP contribution in [0.2, 0.25) is 0 Å². The molecule has 6 heteroatoms. The summed E-state index contributed by atoms with van der Waals surface area (Å²) in [4.78, 5) is 22.6. The molecule has 6 nitrogen and oxygen atoms in total. The number of aryl methyl sites for hydroxylation is 2. The van der Waals surface area contributed by atoms with Crippen LogP contribution in [0.3, 0.4) is 0 Å². The third kappa shape index (κ3) is 5.26. The van der Waals surface area contributed by atoms with E-state index in [9.17, 15) is 4.79 Å². The molecule has 1 aromatic heterocycles. The van der Waals surface area contributed by atoms with Crippen LogP contribution in [0, 0.1) is 0 Å². The predicted molar refractivity (Wildman–Crippen MR) is 101 cm³/mol. The van der Waals surface area contributed by atoms with Gasteiger partial charge < -0.3 is 15.5 Å². The smallest absolute Gasteiger partial charge is 0.271 e. The van der Waals surface area contributed by atoms with Crippen LogP contribution in [0.1, 0.15) is 35.5 Å². The van der Waals surface area contributed by atoms with Crippen molar-refractivity contribution in [2.75, 3.05) is 32.5 Å². The third-order valence-electron chi connectivity index (χ3n) is 3.98. The van der Waals surface area contributed by atoms with Gasteiger partial charge in [0.05, 0.1) is 12.4 Å². The lowest BCUT2D eigenvalue weighted by molar-refractivity contribution is 0.0945. The average molecular weight is 341 g/mol. The van der Waals surface area contributed by atoms with Gasteiger partial charge in [0.15, 0.2) is 0 Å². The highest BCUT2D eigenvalue weighted by atomic mass is 16.1. The number of hydrogen-bond donors (Lipinski definition) is 2. The highest BCUT2D eigenvalue weighted by Gasteiger charge is 2.10. The topological polar surface area (TPSA) is 70.2 Å². The number of hydrogen-bond acceptors (Lipinski definition) is 5. The summed E-state index contributed by atoms with van der Waals surface area (Å²) in [5, 5.41) is 6.19. The van der Waals surface area contributed by atoms with Crippen LogP contribution in [0.25, 0.3) is 0 Å². The van der Waals surface area contributed by atoms with Gasteiger partial charge in [-0.25, -0.2) is 9.97 Å². The first kappa shape index (κ1) is 18.9. The summed E-state index contributed by atoms with van der Waals surface area (Å²) in [6.07, 6.45) is 4.99. The molecule has 25 heavy (non-hydrogen) atoms. The van der Waals surface area contributed by atoms with E-state index in [1.165, 1.54) is 17.3 Å². The van der Waals surface area contributed by atoms with Crippen LogP contribution in [0.15, 0.2) is 30.6 Å². The number of amides is 1. The summed E-state index contributed by atoms with van der Waals surface area (Å²) in [5.74, 6) is 0.435. The van der Waals surface area contributed by atoms with Crippen molar-refractivity contribution in [3.63, 3.8) is 0 Å². The molecule has 1 heterocycles. The van der Waals surface area contributed by atoms with Crippen molar-refractivity contribution >= 4 is 17.4 Å². The molecule has 0 spiro atoms. The molecule has 0 radical (unpaired) electrons.